The summed E-state index contributed by atoms with van der Waals surface area (Å²) in [5.41, 5.74) is 1.02. The molecule has 2 atom stereocenters. The van der Waals surface area contributed by atoms with Crippen LogP contribution in [0.15, 0.2) is 53.4 Å². The van der Waals surface area contributed by atoms with Gasteiger partial charge < -0.3 is 4.90 Å². The summed E-state index contributed by atoms with van der Waals surface area (Å²) in [7, 11) is -3.70. The minimum absolute atomic E-state index is 0.0395. The van der Waals surface area contributed by atoms with Crippen LogP contribution >= 0.6 is 11.6 Å². The van der Waals surface area contributed by atoms with Gasteiger partial charge in [-0.2, -0.15) is 0 Å². The molecular weight excluding hydrogens is 415 g/mol. The highest BCUT2D eigenvalue weighted by Gasteiger charge is 2.47. The fourth-order valence-corrected chi connectivity index (χ4v) is 5.52. The Labute approximate surface area is 174 Å². The van der Waals surface area contributed by atoms with Crippen LogP contribution in [0.2, 0.25) is 5.02 Å². The zero-order valence-electron chi connectivity index (χ0n) is 15.7. The molecule has 1 heterocycles. The van der Waals surface area contributed by atoms with Gasteiger partial charge in [-0.25, -0.2) is 17.5 Å². The predicted octanol–water partition coefficient (Wildman–Crippen LogP) is 3.55. The first-order chi connectivity index (χ1) is 13.8. The lowest BCUT2D eigenvalue weighted by molar-refractivity contribution is -0.133. The van der Waals surface area contributed by atoms with E-state index in [1.165, 1.54) is 12.1 Å². The third-order valence-electron chi connectivity index (χ3n) is 5.66. The third-order valence-corrected chi connectivity index (χ3v) is 7.55. The number of carbonyl (C=O) groups excluding carboxylic acids is 1. The van der Waals surface area contributed by atoms with Crippen molar-refractivity contribution in [2.24, 2.45) is 5.92 Å². The van der Waals surface area contributed by atoms with Gasteiger partial charge in [-0.3, -0.25) is 4.79 Å². The average Bonchev–Trinajstić information content (AvgIpc) is 3.49. The quantitative estimate of drug-likeness (QED) is 0.779. The first-order valence-electron chi connectivity index (χ1n) is 9.66. The summed E-state index contributed by atoms with van der Waals surface area (Å²) in [5.74, 6) is -0.228. The Morgan fingerprint density at radius 1 is 1.07 bits per heavy atom. The SMILES string of the molecule is O=C(C1CC1c1ccccc1Cl)N1CCC(NS(=O)(=O)c2ccc(F)cc2)CC1. The number of carbonyl (C=O) groups is 1. The average molecular weight is 437 g/mol. The minimum Gasteiger partial charge on any atom is -0.342 e. The van der Waals surface area contributed by atoms with E-state index in [9.17, 15) is 17.6 Å². The van der Waals surface area contributed by atoms with Crippen LogP contribution in [0.1, 0.15) is 30.7 Å². The molecule has 2 unspecified atom stereocenters. The Morgan fingerprint density at radius 3 is 2.38 bits per heavy atom. The highest BCUT2D eigenvalue weighted by molar-refractivity contribution is 7.89. The molecule has 1 aliphatic carbocycles. The number of nitrogens with one attached hydrogen (secondary N) is 1. The van der Waals surface area contributed by atoms with Gasteiger partial charge in [-0.15, -0.1) is 0 Å². The van der Waals surface area contributed by atoms with Crippen LogP contribution in [-0.2, 0) is 14.8 Å². The van der Waals surface area contributed by atoms with Crippen molar-refractivity contribution in [3.63, 3.8) is 0 Å². The van der Waals surface area contributed by atoms with E-state index in [0.29, 0.717) is 31.0 Å². The summed E-state index contributed by atoms with van der Waals surface area (Å²) in [5, 5.41) is 0.696. The molecule has 1 saturated carbocycles. The van der Waals surface area contributed by atoms with Gasteiger partial charge >= 0.3 is 0 Å². The Kier molecular flexibility index (Phi) is 5.64. The summed E-state index contributed by atoms with van der Waals surface area (Å²) in [4.78, 5) is 14.7. The molecule has 2 aliphatic rings. The molecule has 1 N–H and O–H groups in total. The molecule has 2 aromatic carbocycles. The van der Waals surface area contributed by atoms with Gasteiger partial charge in [0.05, 0.1) is 4.90 Å². The van der Waals surface area contributed by atoms with Crippen molar-refractivity contribution in [3.8, 4) is 0 Å². The lowest BCUT2D eigenvalue weighted by Crippen LogP contribution is -2.47. The number of sulfonamides is 1. The van der Waals surface area contributed by atoms with E-state index in [-0.39, 0.29) is 28.7 Å². The molecule has 8 heteroatoms. The fourth-order valence-electron chi connectivity index (χ4n) is 3.94. The maximum Gasteiger partial charge on any atom is 0.240 e. The topological polar surface area (TPSA) is 66.5 Å². The Morgan fingerprint density at radius 2 is 1.72 bits per heavy atom. The second-order valence-corrected chi connectivity index (χ2v) is 9.77. The number of benzene rings is 2. The molecule has 0 spiro atoms. The molecule has 0 radical (unpaired) electrons. The van der Waals surface area contributed by atoms with Gasteiger partial charge in [0.15, 0.2) is 0 Å². The largest absolute Gasteiger partial charge is 0.342 e. The van der Waals surface area contributed by atoms with Crippen molar-refractivity contribution in [1.82, 2.24) is 9.62 Å². The number of amides is 1. The highest BCUT2D eigenvalue weighted by atomic mass is 35.5. The van der Waals surface area contributed by atoms with E-state index < -0.39 is 15.8 Å². The van der Waals surface area contributed by atoms with Gasteiger partial charge in [0.1, 0.15) is 5.82 Å². The molecule has 1 saturated heterocycles. The highest BCUT2D eigenvalue weighted by Crippen LogP contribution is 2.50. The summed E-state index contributed by atoms with van der Waals surface area (Å²) >= 11 is 6.24. The summed E-state index contributed by atoms with van der Waals surface area (Å²) in [6.07, 6.45) is 1.91. The van der Waals surface area contributed by atoms with E-state index in [4.69, 9.17) is 11.6 Å². The standard InChI is InChI=1S/C21H22ClFN2O3S/c22-20-4-2-1-3-17(20)18-13-19(18)21(26)25-11-9-15(10-12-25)24-29(27,28)16-7-5-14(23)6-8-16/h1-8,15,18-19,24H,9-13H2. The van der Waals surface area contributed by atoms with E-state index >= 15 is 0 Å². The van der Waals surface area contributed by atoms with E-state index in [1.54, 1.807) is 0 Å². The Bertz CT molecular complexity index is 1000. The van der Waals surface area contributed by atoms with E-state index in [1.807, 2.05) is 29.2 Å². The number of piperidine rings is 1. The number of rotatable bonds is 5. The molecule has 29 heavy (non-hydrogen) atoms. The van der Waals surface area contributed by atoms with Crippen LogP contribution in [-0.4, -0.2) is 38.4 Å². The summed E-state index contributed by atoms with van der Waals surface area (Å²) in [6.45, 7) is 1.03. The number of hydrogen-bond acceptors (Lipinski definition) is 3. The number of likely N-dealkylation sites (tertiary alicyclic amines) is 1. The Balaban J connectivity index is 1.31. The second kappa shape index (κ2) is 8.05. The van der Waals surface area contributed by atoms with Crippen LogP contribution in [0, 0.1) is 11.7 Å². The van der Waals surface area contributed by atoms with Crippen molar-refractivity contribution in [2.75, 3.05) is 13.1 Å². The van der Waals surface area contributed by atoms with Crippen LogP contribution < -0.4 is 4.72 Å². The van der Waals surface area contributed by atoms with Crippen LogP contribution in [0.3, 0.4) is 0 Å². The van der Waals surface area contributed by atoms with Gasteiger partial charge in [0.2, 0.25) is 15.9 Å². The van der Waals surface area contributed by atoms with Crippen molar-refractivity contribution in [1.29, 1.82) is 0 Å². The van der Waals surface area contributed by atoms with Gasteiger partial charge in [-0.1, -0.05) is 29.8 Å². The molecule has 0 aromatic heterocycles. The monoisotopic (exact) mass is 436 g/mol. The lowest BCUT2D eigenvalue weighted by Gasteiger charge is -2.32. The number of nitrogens with zero attached hydrogens (tertiary/aromatic N) is 1. The molecule has 1 amide bonds. The van der Waals surface area contributed by atoms with Gasteiger partial charge in [0.25, 0.3) is 0 Å². The van der Waals surface area contributed by atoms with Crippen molar-refractivity contribution >= 4 is 27.5 Å². The predicted molar refractivity (Wildman–Crippen MR) is 109 cm³/mol. The first kappa shape index (κ1) is 20.3. The van der Waals surface area contributed by atoms with Crippen LogP contribution in [0.5, 0.6) is 0 Å². The van der Waals surface area contributed by atoms with Crippen molar-refractivity contribution < 1.29 is 17.6 Å². The molecule has 4 rings (SSSR count). The smallest absolute Gasteiger partial charge is 0.240 e. The summed E-state index contributed by atoms with van der Waals surface area (Å²) in [6, 6.07) is 12.1. The first-order valence-corrected chi connectivity index (χ1v) is 11.5. The zero-order valence-corrected chi connectivity index (χ0v) is 17.3. The Hall–Kier alpha value is -1.96. The van der Waals surface area contributed by atoms with E-state index in [2.05, 4.69) is 4.72 Å². The van der Waals surface area contributed by atoms with E-state index in [0.717, 1.165) is 24.1 Å². The molecular formula is C21H22ClFN2O3S. The number of hydrogen-bond donors (Lipinski definition) is 1. The summed E-state index contributed by atoms with van der Waals surface area (Å²) < 4.78 is 40.6. The normalized spacial score (nSPS) is 22.5. The lowest BCUT2D eigenvalue weighted by atomic mass is 10.0. The van der Waals surface area contributed by atoms with Crippen molar-refractivity contribution in [3.05, 3.63) is 64.9 Å². The molecule has 5 nitrogen and oxygen atoms in total. The maximum absolute atomic E-state index is 13.0. The van der Waals surface area contributed by atoms with Crippen LogP contribution in [0.25, 0.3) is 0 Å². The van der Waals surface area contributed by atoms with Gasteiger partial charge in [-0.05, 0) is 61.1 Å². The molecule has 2 fully saturated rings. The fraction of sp³-hybridized carbons (Fsp3) is 0.381. The second-order valence-electron chi connectivity index (χ2n) is 7.64. The maximum atomic E-state index is 13.0. The molecule has 0 bridgehead atoms. The van der Waals surface area contributed by atoms with Crippen molar-refractivity contribution in [2.45, 2.75) is 36.1 Å². The zero-order chi connectivity index (χ0) is 20.6. The number of halogens is 2. The third kappa shape index (κ3) is 4.47. The minimum atomic E-state index is -3.70. The molecule has 1 aliphatic heterocycles. The van der Waals surface area contributed by atoms with Crippen LogP contribution in [0.4, 0.5) is 4.39 Å². The molecule has 154 valence electrons. The molecule has 2 aromatic rings. The van der Waals surface area contributed by atoms with Gasteiger partial charge in [0, 0.05) is 30.1 Å².